The Morgan fingerprint density at radius 3 is 2.39 bits per heavy atom. The number of carboxylic acids is 1. The highest BCUT2D eigenvalue weighted by atomic mass is 16.5. The number of hydrogen-bond donors (Lipinski definition) is 1. The van der Waals surface area contributed by atoms with Crippen molar-refractivity contribution in [2.45, 2.75) is 6.42 Å². The van der Waals surface area contributed by atoms with Crippen LogP contribution in [0.3, 0.4) is 0 Å². The molecular formula is C14H13NO3. The van der Waals surface area contributed by atoms with Crippen LogP contribution in [-0.2, 0) is 6.42 Å². The van der Waals surface area contributed by atoms with Crippen LogP contribution in [0.2, 0.25) is 0 Å². The van der Waals surface area contributed by atoms with Crippen LogP contribution in [0, 0.1) is 0 Å². The van der Waals surface area contributed by atoms with Gasteiger partial charge in [0, 0.05) is 18.8 Å². The molecular weight excluding hydrogens is 230 g/mol. The smallest absolute Gasteiger partial charge is 0.335 e. The van der Waals surface area contributed by atoms with Gasteiger partial charge in [-0.25, -0.2) is 4.79 Å². The number of aromatic carboxylic acids is 1. The second-order valence-electron chi connectivity index (χ2n) is 3.78. The normalized spacial score (nSPS) is 10.0. The van der Waals surface area contributed by atoms with E-state index in [1.807, 2.05) is 0 Å². The molecule has 4 nitrogen and oxygen atoms in total. The molecule has 0 spiro atoms. The van der Waals surface area contributed by atoms with Crippen molar-refractivity contribution < 1.29 is 14.6 Å². The molecule has 0 fully saturated rings. The number of nitrogens with zero attached hydrogens (tertiary/aromatic N) is 1. The Morgan fingerprint density at radius 1 is 1.11 bits per heavy atom. The fourth-order valence-electron chi connectivity index (χ4n) is 1.54. The molecule has 0 aliphatic rings. The van der Waals surface area contributed by atoms with E-state index in [1.165, 1.54) is 0 Å². The summed E-state index contributed by atoms with van der Waals surface area (Å²) in [5.41, 5.74) is 1.35. The quantitative estimate of drug-likeness (QED) is 0.876. The summed E-state index contributed by atoms with van der Waals surface area (Å²) in [5.74, 6) is -0.123. The summed E-state index contributed by atoms with van der Waals surface area (Å²) in [4.78, 5) is 14.6. The molecule has 0 bridgehead atoms. The Hall–Kier alpha value is -2.36. The SMILES string of the molecule is O=C(O)c1ccc(CCOc2ccncc2)cc1. The van der Waals surface area contributed by atoms with E-state index in [0.717, 1.165) is 17.7 Å². The Morgan fingerprint density at radius 2 is 1.78 bits per heavy atom. The van der Waals surface area contributed by atoms with Crippen molar-refractivity contribution in [3.8, 4) is 5.75 Å². The van der Waals surface area contributed by atoms with Gasteiger partial charge in [-0.3, -0.25) is 4.98 Å². The van der Waals surface area contributed by atoms with E-state index in [4.69, 9.17) is 9.84 Å². The summed E-state index contributed by atoms with van der Waals surface area (Å²) in [6.45, 7) is 0.552. The largest absolute Gasteiger partial charge is 0.493 e. The maximum Gasteiger partial charge on any atom is 0.335 e. The predicted molar refractivity (Wildman–Crippen MR) is 66.8 cm³/mol. The molecule has 0 saturated carbocycles. The molecule has 0 radical (unpaired) electrons. The minimum Gasteiger partial charge on any atom is -0.493 e. The number of pyridine rings is 1. The van der Waals surface area contributed by atoms with Crippen LogP contribution in [0.1, 0.15) is 15.9 Å². The molecule has 4 heteroatoms. The molecule has 0 saturated heterocycles. The molecule has 1 N–H and O–H groups in total. The van der Waals surface area contributed by atoms with E-state index in [-0.39, 0.29) is 0 Å². The van der Waals surface area contributed by atoms with Gasteiger partial charge in [-0.2, -0.15) is 0 Å². The molecule has 0 aliphatic heterocycles. The van der Waals surface area contributed by atoms with Gasteiger partial charge in [-0.1, -0.05) is 12.1 Å². The third kappa shape index (κ3) is 3.31. The summed E-state index contributed by atoms with van der Waals surface area (Å²) in [6.07, 6.45) is 4.09. The number of aromatic nitrogens is 1. The van der Waals surface area contributed by atoms with Crippen molar-refractivity contribution in [2.24, 2.45) is 0 Å². The van der Waals surface area contributed by atoms with Crippen LogP contribution < -0.4 is 4.74 Å². The first kappa shape index (κ1) is 12.1. The average Bonchev–Trinajstić information content (AvgIpc) is 2.40. The molecule has 0 atom stereocenters. The highest BCUT2D eigenvalue weighted by molar-refractivity contribution is 5.87. The fourth-order valence-corrected chi connectivity index (χ4v) is 1.54. The van der Waals surface area contributed by atoms with Crippen molar-refractivity contribution in [3.05, 3.63) is 59.9 Å². The molecule has 0 unspecified atom stereocenters. The number of carboxylic acid groups (broad SMARTS) is 1. The van der Waals surface area contributed by atoms with Crippen molar-refractivity contribution in [2.75, 3.05) is 6.61 Å². The number of ether oxygens (including phenoxy) is 1. The molecule has 18 heavy (non-hydrogen) atoms. The monoisotopic (exact) mass is 243 g/mol. The zero-order valence-electron chi connectivity index (χ0n) is 9.74. The maximum absolute atomic E-state index is 10.7. The first-order valence-corrected chi connectivity index (χ1v) is 5.61. The molecule has 2 aromatic rings. The topological polar surface area (TPSA) is 59.4 Å². The van der Waals surface area contributed by atoms with Crippen LogP contribution in [0.5, 0.6) is 5.75 Å². The van der Waals surface area contributed by atoms with Gasteiger partial charge in [0.2, 0.25) is 0 Å². The van der Waals surface area contributed by atoms with Gasteiger partial charge in [-0.05, 0) is 29.8 Å². The van der Waals surface area contributed by atoms with Crippen LogP contribution in [0.15, 0.2) is 48.8 Å². The number of hydrogen-bond acceptors (Lipinski definition) is 3. The highest BCUT2D eigenvalue weighted by Gasteiger charge is 2.01. The molecule has 92 valence electrons. The van der Waals surface area contributed by atoms with Gasteiger partial charge in [0.25, 0.3) is 0 Å². The Labute approximate surface area is 105 Å². The van der Waals surface area contributed by atoms with E-state index in [9.17, 15) is 4.79 Å². The van der Waals surface area contributed by atoms with Gasteiger partial charge in [0.15, 0.2) is 0 Å². The van der Waals surface area contributed by atoms with Gasteiger partial charge >= 0.3 is 5.97 Å². The lowest BCUT2D eigenvalue weighted by atomic mass is 10.1. The van der Waals surface area contributed by atoms with Crippen LogP contribution in [0.4, 0.5) is 0 Å². The Kier molecular flexibility index (Phi) is 3.91. The Balaban J connectivity index is 1.85. The second-order valence-corrected chi connectivity index (χ2v) is 3.78. The summed E-state index contributed by atoms with van der Waals surface area (Å²) < 4.78 is 5.53. The number of carbonyl (C=O) groups is 1. The fraction of sp³-hybridized carbons (Fsp3) is 0.143. The van der Waals surface area contributed by atoms with Gasteiger partial charge in [0.05, 0.1) is 12.2 Å². The maximum atomic E-state index is 10.7. The van der Waals surface area contributed by atoms with Crippen molar-refractivity contribution in [1.29, 1.82) is 0 Å². The molecule has 2 rings (SSSR count). The van der Waals surface area contributed by atoms with E-state index in [0.29, 0.717) is 12.2 Å². The van der Waals surface area contributed by atoms with Crippen LogP contribution in [-0.4, -0.2) is 22.7 Å². The lowest BCUT2D eigenvalue weighted by Crippen LogP contribution is -2.02. The van der Waals surface area contributed by atoms with Crippen LogP contribution in [0.25, 0.3) is 0 Å². The molecule has 1 heterocycles. The lowest BCUT2D eigenvalue weighted by Gasteiger charge is -2.05. The van der Waals surface area contributed by atoms with Crippen molar-refractivity contribution in [3.63, 3.8) is 0 Å². The second kappa shape index (κ2) is 5.82. The van der Waals surface area contributed by atoms with Crippen molar-refractivity contribution >= 4 is 5.97 Å². The minimum atomic E-state index is -0.908. The first-order valence-electron chi connectivity index (χ1n) is 5.61. The van der Waals surface area contributed by atoms with Gasteiger partial charge in [-0.15, -0.1) is 0 Å². The number of benzene rings is 1. The predicted octanol–water partition coefficient (Wildman–Crippen LogP) is 2.40. The third-order valence-electron chi connectivity index (χ3n) is 2.51. The summed E-state index contributed by atoms with van der Waals surface area (Å²) in [5, 5.41) is 8.77. The minimum absolute atomic E-state index is 0.300. The molecule has 0 aliphatic carbocycles. The van der Waals surface area contributed by atoms with E-state index in [1.54, 1.807) is 48.8 Å². The third-order valence-corrected chi connectivity index (χ3v) is 2.51. The molecule has 1 aromatic carbocycles. The highest BCUT2D eigenvalue weighted by Crippen LogP contribution is 2.09. The van der Waals surface area contributed by atoms with E-state index < -0.39 is 5.97 Å². The molecule has 0 amide bonds. The zero-order chi connectivity index (χ0) is 12.8. The van der Waals surface area contributed by atoms with E-state index >= 15 is 0 Å². The average molecular weight is 243 g/mol. The first-order chi connectivity index (χ1) is 8.75. The molecule has 1 aromatic heterocycles. The van der Waals surface area contributed by atoms with Crippen molar-refractivity contribution in [1.82, 2.24) is 4.98 Å². The van der Waals surface area contributed by atoms with Crippen LogP contribution >= 0.6 is 0 Å². The lowest BCUT2D eigenvalue weighted by molar-refractivity contribution is 0.0697. The van der Waals surface area contributed by atoms with Gasteiger partial charge < -0.3 is 9.84 Å². The zero-order valence-corrected chi connectivity index (χ0v) is 9.74. The number of rotatable bonds is 5. The van der Waals surface area contributed by atoms with Gasteiger partial charge in [0.1, 0.15) is 5.75 Å². The van der Waals surface area contributed by atoms with E-state index in [2.05, 4.69) is 4.98 Å². The summed E-state index contributed by atoms with van der Waals surface area (Å²) in [6, 6.07) is 10.4. The Bertz CT molecular complexity index is 508. The standard InChI is InChI=1S/C14H13NO3/c16-14(17)12-3-1-11(2-4-12)7-10-18-13-5-8-15-9-6-13/h1-6,8-9H,7,10H2,(H,16,17). The summed E-state index contributed by atoms with van der Waals surface area (Å²) >= 11 is 0. The summed E-state index contributed by atoms with van der Waals surface area (Å²) in [7, 11) is 0.